The van der Waals surface area contributed by atoms with Crippen molar-refractivity contribution in [1.82, 2.24) is 5.32 Å². The lowest BCUT2D eigenvalue weighted by Gasteiger charge is -2.24. The number of rotatable bonds is 12. The van der Waals surface area contributed by atoms with E-state index in [1.54, 1.807) is 6.07 Å². The number of hydrogen-bond donors (Lipinski definition) is 1. The van der Waals surface area contributed by atoms with Gasteiger partial charge in [0.1, 0.15) is 0 Å². The molecule has 1 N–H and O–H groups in total. The second kappa shape index (κ2) is 11.4. The summed E-state index contributed by atoms with van der Waals surface area (Å²) in [7, 11) is 0. The summed E-state index contributed by atoms with van der Waals surface area (Å²) in [4.78, 5) is 38.1. The zero-order valence-electron chi connectivity index (χ0n) is 20.4. The van der Waals surface area contributed by atoms with E-state index >= 15 is 0 Å². The Hall–Kier alpha value is -2.21. The van der Waals surface area contributed by atoms with Gasteiger partial charge in [0.05, 0.1) is 17.4 Å². The molecule has 0 heterocycles. The molecule has 6 nitrogen and oxygen atoms in total. The molecule has 0 unspecified atom stereocenters. The first kappa shape index (κ1) is 26.8. The monoisotopic (exact) mass is 433 g/mol. The summed E-state index contributed by atoms with van der Waals surface area (Å²) >= 11 is 0. The lowest BCUT2D eigenvalue weighted by atomic mass is 9.88. The molecule has 0 amide bonds. The Balaban J connectivity index is 3.25. The zero-order chi connectivity index (χ0) is 23.8. The number of Topliss-reactive ketones (excluding diaryl/α,β-unsaturated/α-hetero) is 1. The van der Waals surface area contributed by atoms with Crippen molar-refractivity contribution >= 4 is 17.7 Å². The summed E-state index contributed by atoms with van der Waals surface area (Å²) in [6.45, 7) is 15.4. The minimum absolute atomic E-state index is 0.0882. The molecule has 0 spiro atoms. The number of carbonyl (C=O) groups is 3. The Bertz CT molecular complexity index is 780. The number of carbonyl (C=O) groups excluding carboxylic acids is 3. The molecular weight excluding hydrogens is 394 g/mol. The minimum atomic E-state index is -0.698. The van der Waals surface area contributed by atoms with Crippen LogP contribution >= 0.6 is 0 Å². The quantitative estimate of drug-likeness (QED) is 0.272. The normalized spacial score (nSPS) is 12.0. The number of ketones is 1. The highest BCUT2D eigenvalue weighted by atomic mass is 16.6. The van der Waals surface area contributed by atoms with E-state index in [9.17, 15) is 14.4 Å². The highest BCUT2D eigenvalue weighted by Gasteiger charge is 2.32. The Labute approximate surface area is 187 Å². The molecule has 0 saturated carbocycles. The largest absolute Gasteiger partial charge is 0.422 e. The number of ether oxygens (including phenoxy) is 2. The molecule has 0 aromatic heterocycles. The fourth-order valence-corrected chi connectivity index (χ4v) is 3.17. The van der Waals surface area contributed by atoms with Crippen LogP contribution in [0.2, 0.25) is 0 Å². The van der Waals surface area contributed by atoms with Crippen molar-refractivity contribution in [2.45, 2.75) is 87.1 Å². The van der Waals surface area contributed by atoms with E-state index in [0.717, 1.165) is 12.8 Å². The third-order valence-electron chi connectivity index (χ3n) is 5.20. The minimum Gasteiger partial charge on any atom is -0.422 e. The third-order valence-corrected chi connectivity index (χ3v) is 5.20. The summed E-state index contributed by atoms with van der Waals surface area (Å²) in [6, 6.07) is 4.77. The lowest BCUT2D eigenvalue weighted by Crippen LogP contribution is -2.31. The molecule has 1 rings (SSSR count). The summed E-state index contributed by atoms with van der Waals surface area (Å²) in [5, 5.41) is 3.08. The van der Waals surface area contributed by atoms with Crippen molar-refractivity contribution in [2.24, 2.45) is 10.8 Å². The van der Waals surface area contributed by atoms with Crippen LogP contribution in [0.5, 0.6) is 11.5 Å². The molecule has 1 aromatic carbocycles. The maximum Gasteiger partial charge on any atom is 0.317 e. The van der Waals surface area contributed by atoms with Crippen LogP contribution < -0.4 is 14.8 Å². The molecule has 0 bridgehead atoms. The van der Waals surface area contributed by atoms with Crippen LogP contribution in [0.1, 0.15) is 91.4 Å². The van der Waals surface area contributed by atoms with Crippen LogP contribution in [0.4, 0.5) is 0 Å². The highest BCUT2D eigenvalue weighted by Crippen LogP contribution is 2.34. The van der Waals surface area contributed by atoms with E-state index in [-0.39, 0.29) is 29.9 Å². The van der Waals surface area contributed by atoms with Crippen molar-refractivity contribution in [2.75, 3.05) is 6.54 Å². The van der Waals surface area contributed by atoms with E-state index in [4.69, 9.17) is 9.47 Å². The maximum absolute atomic E-state index is 12.8. The molecule has 0 aliphatic heterocycles. The molecular formula is C25H39NO5. The van der Waals surface area contributed by atoms with Crippen LogP contribution in [0.25, 0.3) is 0 Å². The second-order valence-corrected chi connectivity index (χ2v) is 9.67. The Kier molecular flexibility index (Phi) is 9.88. The zero-order valence-corrected chi connectivity index (χ0v) is 20.4. The van der Waals surface area contributed by atoms with Gasteiger partial charge in [-0.2, -0.15) is 0 Å². The van der Waals surface area contributed by atoms with E-state index in [1.165, 1.54) is 12.1 Å². The molecule has 0 aliphatic carbocycles. The van der Waals surface area contributed by atoms with Crippen molar-refractivity contribution in [1.29, 1.82) is 0 Å². The average molecular weight is 434 g/mol. The van der Waals surface area contributed by atoms with Gasteiger partial charge in [-0.05, 0) is 58.7 Å². The smallest absolute Gasteiger partial charge is 0.317 e. The Morgan fingerprint density at radius 1 is 0.871 bits per heavy atom. The predicted molar refractivity (Wildman–Crippen MR) is 123 cm³/mol. The van der Waals surface area contributed by atoms with E-state index in [0.29, 0.717) is 18.4 Å². The first-order chi connectivity index (χ1) is 14.3. The van der Waals surface area contributed by atoms with Crippen LogP contribution in [0.3, 0.4) is 0 Å². The summed E-state index contributed by atoms with van der Waals surface area (Å²) < 4.78 is 11.3. The van der Waals surface area contributed by atoms with Gasteiger partial charge in [0.25, 0.3) is 0 Å². The molecule has 0 saturated heterocycles. The van der Waals surface area contributed by atoms with Crippen LogP contribution in [0.15, 0.2) is 18.2 Å². The number of benzene rings is 1. The Morgan fingerprint density at radius 3 is 1.81 bits per heavy atom. The molecule has 0 radical (unpaired) electrons. The van der Waals surface area contributed by atoms with Crippen LogP contribution in [-0.4, -0.2) is 30.3 Å². The van der Waals surface area contributed by atoms with Gasteiger partial charge in [-0.25, -0.2) is 0 Å². The van der Waals surface area contributed by atoms with Gasteiger partial charge in [0.2, 0.25) is 0 Å². The van der Waals surface area contributed by atoms with Crippen LogP contribution in [-0.2, 0) is 9.59 Å². The molecule has 0 atom stereocenters. The van der Waals surface area contributed by atoms with Gasteiger partial charge in [-0.15, -0.1) is 0 Å². The summed E-state index contributed by atoms with van der Waals surface area (Å²) in [5.41, 5.74) is -0.985. The number of nitrogens with one attached hydrogen (secondary N) is 1. The van der Waals surface area contributed by atoms with E-state index in [1.807, 2.05) is 55.4 Å². The van der Waals surface area contributed by atoms with Gasteiger partial charge >= 0.3 is 11.9 Å². The third kappa shape index (κ3) is 8.09. The van der Waals surface area contributed by atoms with Crippen molar-refractivity contribution in [3.8, 4) is 11.5 Å². The van der Waals surface area contributed by atoms with Crippen molar-refractivity contribution in [3.63, 3.8) is 0 Å². The van der Waals surface area contributed by atoms with Gasteiger partial charge < -0.3 is 14.8 Å². The molecule has 174 valence electrons. The van der Waals surface area contributed by atoms with Gasteiger partial charge in [-0.1, -0.05) is 40.5 Å². The number of hydrogen-bond acceptors (Lipinski definition) is 6. The first-order valence-corrected chi connectivity index (χ1v) is 11.2. The predicted octanol–water partition coefficient (Wildman–Crippen LogP) is 5.33. The van der Waals surface area contributed by atoms with E-state index in [2.05, 4.69) is 5.32 Å². The molecule has 0 aliphatic rings. The fourth-order valence-electron chi connectivity index (χ4n) is 3.17. The van der Waals surface area contributed by atoms with Gasteiger partial charge in [-0.3, -0.25) is 14.4 Å². The SMILES string of the molecule is CCCC(C)(C)C(=O)Oc1ccc(C(=O)CNC(C)C)cc1OC(=O)C(C)(C)CCC. The standard InChI is InChI=1S/C25H39NO5/c1-9-13-24(5,6)22(28)30-20-12-11-18(19(27)16-26-17(3)4)15-21(20)31-23(29)25(7,8)14-10-2/h11-12,15,17,26H,9-10,13-14,16H2,1-8H3. The van der Waals surface area contributed by atoms with Crippen molar-refractivity contribution in [3.05, 3.63) is 23.8 Å². The maximum atomic E-state index is 12.8. The second-order valence-electron chi connectivity index (χ2n) is 9.67. The molecule has 0 fully saturated rings. The fraction of sp³-hybridized carbons (Fsp3) is 0.640. The van der Waals surface area contributed by atoms with Gasteiger partial charge in [0.15, 0.2) is 17.3 Å². The molecule has 6 heteroatoms. The van der Waals surface area contributed by atoms with Gasteiger partial charge in [0, 0.05) is 11.6 Å². The lowest BCUT2D eigenvalue weighted by molar-refractivity contribution is -0.147. The Morgan fingerprint density at radius 2 is 1.35 bits per heavy atom. The van der Waals surface area contributed by atoms with Crippen LogP contribution in [0, 0.1) is 10.8 Å². The van der Waals surface area contributed by atoms with Crippen molar-refractivity contribution < 1.29 is 23.9 Å². The topological polar surface area (TPSA) is 81.7 Å². The summed E-state index contributed by atoms with van der Waals surface area (Å²) in [5.74, 6) is -0.735. The highest BCUT2D eigenvalue weighted by molar-refractivity contribution is 5.98. The summed E-state index contributed by atoms with van der Waals surface area (Å²) in [6.07, 6.45) is 2.99. The first-order valence-electron chi connectivity index (χ1n) is 11.2. The number of esters is 2. The average Bonchev–Trinajstić information content (AvgIpc) is 2.67. The molecule has 31 heavy (non-hydrogen) atoms. The van der Waals surface area contributed by atoms with E-state index < -0.39 is 22.8 Å². The molecule has 1 aromatic rings.